The molecule has 0 saturated heterocycles. The zero-order valence-corrected chi connectivity index (χ0v) is 16.6. The Balaban J connectivity index is 0.000000289. The van der Waals surface area contributed by atoms with Crippen LogP contribution in [0.3, 0.4) is 0 Å². The van der Waals surface area contributed by atoms with Crippen LogP contribution in [0.15, 0.2) is 42.5 Å². The van der Waals surface area contributed by atoms with Gasteiger partial charge in [-0.2, -0.15) is 0 Å². The third-order valence-electron chi connectivity index (χ3n) is 4.78. The van der Waals surface area contributed by atoms with Gasteiger partial charge in [0.1, 0.15) is 12.0 Å². The minimum Gasteiger partial charge on any atom is -0.508 e. The van der Waals surface area contributed by atoms with Crippen molar-refractivity contribution in [1.82, 2.24) is 0 Å². The monoisotopic (exact) mass is 354 g/mol. The molecular weight excluding hydrogens is 320 g/mol. The average Bonchev–Trinajstić information content (AvgIpc) is 2.65. The SMILES string of the molecule is CCCCCCCCCc1ccc(O)cc1.Cc1cccc(C=O)c1C. The molecule has 0 fully saturated rings. The molecule has 0 unspecified atom stereocenters. The van der Waals surface area contributed by atoms with Crippen LogP contribution in [0.1, 0.15) is 78.9 Å². The van der Waals surface area contributed by atoms with E-state index in [4.69, 9.17) is 5.11 Å². The van der Waals surface area contributed by atoms with Gasteiger partial charge in [0.05, 0.1) is 0 Å². The Kier molecular flexibility index (Phi) is 11.1. The zero-order chi connectivity index (χ0) is 19.2. The molecular formula is C24H34O2. The van der Waals surface area contributed by atoms with Crippen molar-refractivity contribution in [3.05, 3.63) is 64.7 Å². The molecule has 0 aliphatic rings. The highest BCUT2D eigenvalue weighted by Crippen LogP contribution is 2.13. The van der Waals surface area contributed by atoms with Gasteiger partial charge in [-0.25, -0.2) is 0 Å². The van der Waals surface area contributed by atoms with E-state index in [2.05, 4.69) is 6.92 Å². The maximum absolute atomic E-state index is 10.4. The Morgan fingerprint density at radius 3 is 2.04 bits per heavy atom. The van der Waals surface area contributed by atoms with Crippen LogP contribution in [0.4, 0.5) is 0 Å². The highest BCUT2D eigenvalue weighted by Gasteiger charge is 1.96. The van der Waals surface area contributed by atoms with E-state index in [1.54, 1.807) is 12.1 Å². The highest BCUT2D eigenvalue weighted by atomic mass is 16.3. The smallest absolute Gasteiger partial charge is 0.150 e. The minimum absolute atomic E-state index is 0.364. The van der Waals surface area contributed by atoms with Gasteiger partial charge in [0.15, 0.2) is 0 Å². The maximum Gasteiger partial charge on any atom is 0.150 e. The van der Waals surface area contributed by atoms with E-state index >= 15 is 0 Å². The summed E-state index contributed by atoms with van der Waals surface area (Å²) < 4.78 is 0. The zero-order valence-electron chi connectivity index (χ0n) is 16.6. The molecule has 0 saturated carbocycles. The lowest BCUT2D eigenvalue weighted by atomic mass is 10.0. The number of aryl methyl sites for hydroxylation is 2. The Bertz CT molecular complexity index is 629. The fourth-order valence-corrected chi connectivity index (χ4v) is 2.85. The Hall–Kier alpha value is -2.09. The van der Waals surface area contributed by atoms with Crippen molar-refractivity contribution in [1.29, 1.82) is 0 Å². The molecule has 2 nitrogen and oxygen atoms in total. The van der Waals surface area contributed by atoms with Gasteiger partial charge < -0.3 is 5.11 Å². The van der Waals surface area contributed by atoms with Crippen molar-refractivity contribution >= 4 is 6.29 Å². The summed E-state index contributed by atoms with van der Waals surface area (Å²) in [6.45, 7) is 6.21. The summed E-state index contributed by atoms with van der Waals surface area (Å²) in [6, 6.07) is 13.3. The first-order valence-electron chi connectivity index (χ1n) is 9.87. The number of aldehydes is 1. The molecule has 0 amide bonds. The van der Waals surface area contributed by atoms with Crippen LogP contribution < -0.4 is 0 Å². The lowest BCUT2D eigenvalue weighted by Crippen LogP contribution is -1.87. The largest absolute Gasteiger partial charge is 0.508 e. The Morgan fingerprint density at radius 2 is 1.46 bits per heavy atom. The Labute approximate surface area is 159 Å². The van der Waals surface area contributed by atoms with E-state index in [9.17, 15) is 4.79 Å². The molecule has 2 heteroatoms. The number of hydrogen-bond donors (Lipinski definition) is 1. The molecule has 0 bridgehead atoms. The van der Waals surface area contributed by atoms with E-state index in [1.807, 2.05) is 44.2 Å². The van der Waals surface area contributed by atoms with Gasteiger partial charge >= 0.3 is 0 Å². The first-order valence-corrected chi connectivity index (χ1v) is 9.87. The number of carbonyl (C=O) groups excluding carboxylic acids is 1. The molecule has 0 heterocycles. The fraction of sp³-hybridized carbons (Fsp3) is 0.458. The van der Waals surface area contributed by atoms with Gasteiger partial charge in [-0.3, -0.25) is 4.79 Å². The second kappa shape index (κ2) is 13.2. The first-order chi connectivity index (χ1) is 12.6. The van der Waals surface area contributed by atoms with Crippen LogP contribution in [0.5, 0.6) is 5.75 Å². The van der Waals surface area contributed by atoms with Gasteiger partial charge in [-0.15, -0.1) is 0 Å². The molecule has 26 heavy (non-hydrogen) atoms. The topological polar surface area (TPSA) is 37.3 Å². The van der Waals surface area contributed by atoms with E-state index in [0.29, 0.717) is 5.75 Å². The lowest BCUT2D eigenvalue weighted by Gasteiger charge is -2.02. The van der Waals surface area contributed by atoms with E-state index in [-0.39, 0.29) is 0 Å². The second-order valence-electron chi connectivity index (χ2n) is 6.94. The van der Waals surface area contributed by atoms with Crippen molar-refractivity contribution in [3.8, 4) is 5.75 Å². The summed E-state index contributed by atoms with van der Waals surface area (Å²) in [5.74, 6) is 0.364. The third-order valence-corrected chi connectivity index (χ3v) is 4.78. The first kappa shape index (κ1) is 22.0. The molecule has 2 aromatic carbocycles. The molecule has 1 N–H and O–H groups in total. The minimum atomic E-state index is 0.364. The summed E-state index contributed by atoms with van der Waals surface area (Å²) in [4.78, 5) is 10.4. The van der Waals surface area contributed by atoms with Gasteiger partial charge in [0, 0.05) is 5.56 Å². The number of benzene rings is 2. The fourth-order valence-electron chi connectivity index (χ4n) is 2.85. The van der Waals surface area contributed by atoms with E-state index in [1.165, 1.54) is 56.1 Å². The Morgan fingerprint density at radius 1 is 0.846 bits per heavy atom. The summed E-state index contributed by atoms with van der Waals surface area (Å²) in [5, 5.41) is 9.15. The molecule has 0 atom stereocenters. The van der Waals surface area contributed by atoms with E-state index in [0.717, 1.165) is 23.8 Å². The second-order valence-corrected chi connectivity index (χ2v) is 6.94. The number of carbonyl (C=O) groups is 1. The predicted octanol–water partition coefficient (Wildman–Crippen LogP) is 6.80. The number of phenolic OH excluding ortho intramolecular Hbond substituents is 1. The average molecular weight is 355 g/mol. The quantitative estimate of drug-likeness (QED) is 0.397. The molecule has 0 aliphatic carbocycles. The van der Waals surface area contributed by atoms with Crippen molar-refractivity contribution < 1.29 is 9.90 Å². The normalized spacial score (nSPS) is 10.1. The van der Waals surface area contributed by atoms with Crippen LogP contribution in [-0.2, 0) is 6.42 Å². The molecule has 0 radical (unpaired) electrons. The van der Waals surface area contributed by atoms with Crippen LogP contribution in [0, 0.1) is 13.8 Å². The molecule has 0 spiro atoms. The van der Waals surface area contributed by atoms with Gasteiger partial charge in [-0.05, 0) is 55.5 Å². The number of phenols is 1. The summed E-state index contributed by atoms with van der Waals surface area (Å²) in [5.41, 5.74) is 4.38. The number of aromatic hydroxyl groups is 1. The van der Waals surface area contributed by atoms with Crippen molar-refractivity contribution in [2.75, 3.05) is 0 Å². The van der Waals surface area contributed by atoms with Crippen molar-refractivity contribution in [2.24, 2.45) is 0 Å². The molecule has 2 rings (SSSR count). The number of unbranched alkanes of at least 4 members (excludes halogenated alkanes) is 6. The molecule has 2 aromatic rings. The van der Waals surface area contributed by atoms with Crippen LogP contribution in [-0.4, -0.2) is 11.4 Å². The van der Waals surface area contributed by atoms with Crippen LogP contribution >= 0.6 is 0 Å². The standard InChI is InChI=1S/C15H24O.C9H10O/c1-2-3-4-5-6-7-8-9-14-10-12-15(16)13-11-14;1-7-4-3-5-9(6-10)8(7)2/h10-13,16H,2-9H2,1H3;3-6H,1-2H3. The van der Waals surface area contributed by atoms with Gasteiger partial charge in [0.2, 0.25) is 0 Å². The van der Waals surface area contributed by atoms with E-state index < -0.39 is 0 Å². The molecule has 0 aliphatic heterocycles. The summed E-state index contributed by atoms with van der Waals surface area (Å²) in [7, 11) is 0. The maximum atomic E-state index is 10.4. The van der Waals surface area contributed by atoms with Gasteiger partial charge in [-0.1, -0.05) is 75.8 Å². The summed E-state index contributed by atoms with van der Waals surface area (Å²) in [6.07, 6.45) is 11.5. The van der Waals surface area contributed by atoms with Crippen molar-refractivity contribution in [2.45, 2.75) is 72.1 Å². The highest BCUT2D eigenvalue weighted by molar-refractivity contribution is 5.77. The summed E-state index contributed by atoms with van der Waals surface area (Å²) >= 11 is 0. The van der Waals surface area contributed by atoms with Gasteiger partial charge in [0.25, 0.3) is 0 Å². The van der Waals surface area contributed by atoms with Crippen LogP contribution in [0.2, 0.25) is 0 Å². The molecule has 142 valence electrons. The number of rotatable bonds is 9. The molecule has 0 aromatic heterocycles. The van der Waals surface area contributed by atoms with Crippen LogP contribution in [0.25, 0.3) is 0 Å². The number of hydrogen-bond acceptors (Lipinski definition) is 2. The third kappa shape index (κ3) is 8.84. The lowest BCUT2D eigenvalue weighted by molar-refractivity contribution is 0.112. The predicted molar refractivity (Wildman–Crippen MR) is 111 cm³/mol. The van der Waals surface area contributed by atoms with Crippen molar-refractivity contribution in [3.63, 3.8) is 0 Å².